The van der Waals surface area contributed by atoms with E-state index >= 15 is 0 Å². The highest BCUT2D eigenvalue weighted by Crippen LogP contribution is 2.51. The number of aromatic nitrogens is 3. The predicted octanol–water partition coefficient (Wildman–Crippen LogP) is 3.25. The Bertz CT molecular complexity index is 1160. The summed E-state index contributed by atoms with van der Waals surface area (Å²) in [4.78, 5) is 17.0. The van der Waals surface area contributed by atoms with Crippen molar-refractivity contribution in [2.75, 3.05) is 13.1 Å². The standard InChI is InChI=1S/C25H26N4O3/c1-18(31)24-26-9-11-29(24)15-22-12-23(32-27-22)21-6-4-19(5-7-21)2-3-20-13-25(14-20)8-10-28(16-25)17-30/h4-7,9,11-12,17-18,20,31H,8,10,13-16H2,1H3/t18-,20?,25?/m0/s1. The number of aliphatic hydroxyl groups is 1. The third-order valence-corrected chi connectivity index (χ3v) is 6.58. The van der Waals surface area contributed by atoms with E-state index in [-0.39, 0.29) is 0 Å². The molecule has 1 aromatic carbocycles. The van der Waals surface area contributed by atoms with Crippen molar-refractivity contribution in [2.24, 2.45) is 11.3 Å². The van der Waals surface area contributed by atoms with Crippen LogP contribution in [0.1, 0.15) is 49.4 Å². The molecule has 7 heteroatoms. The first-order valence-corrected chi connectivity index (χ1v) is 11.0. The summed E-state index contributed by atoms with van der Waals surface area (Å²) in [5.74, 6) is 8.41. The second-order valence-electron chi connectivity index (χ2n) is 9.05. The van der Waals surface area contributed by atoms with Gasteiger partial charge in [-0.25, -0.2) is 4.98 Å². The van der Waals surface area contributed by atoms with Gasteiger partial charge in [0.2, 0.25) is 6.41 Å². The molecule has 164 valence electrons. The summed E-state index contributed by atoms with van der Waals surface area (Å²) in [6, 6.07) is 9.90. The van der Waals surface area contributed by atoms with Gasteiger partial charge in [-0.1, -0.05) is 17.0 Å². The van der Waals surface area contributed by atoms with Crippen LogP contribution in [-0.4, -0.2) is 44.2 Å². The normalized spacial score (nSPS) is 22.9. The number of nitrogens with zero attached hydrogens (tertiary/aromatic N) is 4. The Kier molecular flexibility index (Phi) is 5.32. The van der Waals surface area contributed by atoms with Crippen molar-refractivity contribution < 1.29 is 14.4 Å². The lowest BCUT2D eigenvalue weighted by Gasteiger charge is -2.42. The average molecular weight is 431 g/mol. The molecule has 3 aromatic rings. The van der Waals surface area contributed by atoms with Crippen molar-refractivity contribution in [1.29, 1.82) is 0 Å². The molecule has 2 fully saturated rings. The van der Waals surface area contributed by atoms with Crippen LogP contribution >= 0.6 is 0 Å². The Labute approximate surface area is 187 Å². The average Bonchev–Trinajstić information content (AvgIpc) is 3.52. The molecule has 1 amide bonds. The minimum absolute atomic E-state index is 0.320. The molecule has 32 heavy (non-hydrogen) atoms. The van der Waals surface area contributed by atoms with Crippen molar-refractivity contribution in [3.05, 3.63) is 59.8 Å². The minimum Gasteiger partial charge on any atom is -0.385 e. The van der Waals surface area contributed by atoms with Gasteiger partial charge in [-0.15, -0.1) is 0 Å². The molecule has 1 saturated carbocycles. The third-order valence-electron chi connectivity index (χ3n) is 6.58. The minimum atomic E-state index is -0.639. The number of imidazole rings is 1. The summed E-state index contributed by atoms with van der Waals surface area (Å²) in [5.41, 5.74) is 3.01. The molecule has 1 saturated heterocycles. The van der Waals surface area contributed by atoms with E-state index in [4.69, 9.17) is 4.52 Å². The van der Waals surface area contributed by atoms with Crippen LogP contribution in [0.4, 0.5) is 0 Å². The molecule has 0 radical (unpaired) electrons. The molecule has 5 rings (SSSR count). The molecule has 1 atom stereocenters. The zero-order chi connectivity index (χ0) is 22.1. The van der Waals surface area contributed by atoms with E-state index in [2.05, 4.69) is 22.0 Å². The molecule has 2 aliphatic rings. The van der Waals surface area contributed by atoms with Crippen LogP contribution in [0.25, 0.3) is 11.3 Å². The summed E-state index contributed by atoms with van der Waals surface area (Å²) in [6.07, 6.45) is 7.11. The van der Waals surface area contributed by atoms with Crippen LogP contribution in [-0.2, 0) is 11.3 Å². The van der Waals surface area contributed by atoms with E-state index < -0.39 is 6.10 Å². The Morgan fingerprint density at radius 2 is 2.16 bits per heavy atom. The number of rotatable bonds is 5. The highest BCUT2D eigenvalue weighted by molar-refractivity contribution is 5.59. The first-order valence-electron chi connectivity index (χ1n) is 11.0. The second kappa shape index (κ2) is 8.29. The van der Waals surface area contributed by atoms with Gasteiger partial charge in [-0.3, -0.25) is 4.79 Å². The molecule has 1 aliphatic heterocycles. The SMILES string of the molecule is C[C@H](O)c1nccn1Cc1cc(-c2ccc(C#CC3CC4(CCN(C=O)C4)C3)cc2)on1. The van der Waals surface area contributed by atoms with Gasteiger partial charge in [0.25, 0.3) is 0 Å². The van der Waals surface area contributed by atoms with E-state index in [1.807, 2.05) is 46.0 Å². The molecule has 1 spiro atoms. The fourth-order valence-electron chi connectivity index (χ4n) is 4.90. The van der Waals surface area contributed by atoms with E-state index in [0.717, 1.165) is 55.6 Å². The lowest BCUT2D eigenvalue weighted by Crippen LogP contribution is -2.38. The van der Waals surface area contributed by atoms with E-state index in [0.29, 0.717) is 29.5 Å². The fourth-order valence-corrected chi connectivity index (χ4v) is 4.90. The first-order chi connectivity index (χ1) is 15.5. The number of carbonyl (C=O) groups excluding carboxylic acids is 1. The lowest BCUT2D eigenvalue weighted by atomic mass is 9.62. The molecule has 0 unspecified atom stereocenters. The zero-order valence-corrected chi connectivity index (χ0v) is 18.1. The summed E-state index contributed by atoms with van der Waals surface area (Å²) in [5, 5.41) is 14.0. The molecular formula is C25H26N4O3. The Balaban J connectivity index is 1.20. The Hall–Kier alpha value is -3.37. The molecular weight excluding hydrogens is 404 g/mol. The Morgan fingerprint density at radius 1 is 1.34 bits per heavy atom. The fraction of sp³-hybridized carbons (Fsp3) is 0.400. The number of benzene rings is 1. The van der Waals surface area contributed by atoms with Gasteiger partial charge in [0.1, 0.15) is 17.6 Å². The molecule has 3 heterocycles. The monoisotopic (exact) mass is 430 g/mol. The van der Waals surface area contributed by atoms with E-state index in [1.54, 1.807) is 13.1 Å². The number of likely N-dealkylation sites (tertiary alicyclic amines) is 1. The maximum Gasteiger partial charge on any atom is 0.209 e. The van der Waals surface area contributed by atoms with Crippen molar-refractivity contribution in [3.8, 4) is 23.2 Å². The van der Waals surface area contributed by atoms with Crippen LogP contribution in [0.2, 0.25) is 0 Å². The largest absolute Gasteiger partial charge is 0.385 e. The molecule has 1 aliphatic carbocycles. The lowest BCUT2D eigenvalue weighted by molar-refractivity contribution is -0.117. The van der Waals surface area contributed by atoms with Crippen molar-refractivity contribution in [1.82, 2.24) is 19.6 Å². The molecule has 7 nitrogen and oxygen atoms in total. The van der Waals surface area contributed by atoms with Crippen LogP contribution in [0, 0.1) is 23.2 Å². The topological polar surface area (TPSA) is 84.4 Å². The van der Waals surface area contributed by atoms with Gasteiger partial charge in [0.05, 0.1) is 6.54 Å². The van der Waals surface area contributed by atoms with Gasteiger partial charge in [-0.05, 0) is 55.9 Å². The number of hydrogen-bond donors (Lipinski definition) is 1. The Morgan fingerprint density at radius 3 is 2.88 bits per heavy atom. The third kappa shape index (κ3) is 4.06. The molecule has 0 bridgehead atoms. The summed E-state index contributed by atoms with van der Waals surface area (Å²) < 4.78 is 7.38. The van der Waals surface area contributed by atoms with E-state index in [9.17, 15) is 9.90 Å². The van der Waals surface area contributed by atoms with Crippen molar-refractivity contribution in [2.45, 2.75) is 38.8 Å². The van der Waals surface area contributed by atoms with Crippen LogP contribution in [0.5, 0.6) is 0 Å². The maximum atomic E-state index is 10.9. The number of hydrogen-bond acceptors (Lipinski definition) is 5. The first kappa shape index (κ1) is 20.5. The number of amides is 1. The molecule has 2 aromatic heterocycles. The number of aliphatic hydroxyl groups excluding tert-OH is 1. The van der Waals surface area contributed by atoms with Crippen LogP contribution in [0.3, 0.4) is 0 Å². The summed E-state index contributed by atoms with van der Waals surface area (Å²) in [7, 11) is 0. The van der Waals surface area contributed by atoms with Crippen LogP contribution in [0.15, 0.2) is 47.2 Å². The van der Waals surface area contributed by atoms with Crippen LogP contribution < -0.4 is 0 Å². The van der Waals surface area contributed by atoms with E-state index in [1.165, 1.54) is 0 Å². The molecule has 1 N–H and O–H groups in total. The van der Waals surface area contributed by atoms with Gasteiger partial charge < -0.3 is 19.1 Å². The van der Waals surface area contributed by atoms with Gasteiger partial charge >= 0.3 is 0 Å². The summed E-state index contributed by atoms with van der Waals surface area (Å²) >= 11 is 0. The predicted molar refractivity (Wildman–Crippen MR) is 118 cm³/mol. The smallest absolute Gasteiger partial charge is 0.209 e. The zero-order valence-electron chi connectivity index (χ0n) is 18.1. The van der Waals surface area contributed by atoms with Gasteiger partial charge in [0.15, 0.2) is 5.76 Å². The summed E-state index contributed by atoms with van der Waals surface area (Å²) in [6.45, 7) is 3.96. The quantitative estimate of drug-likeness (QED) is 0.496. The van der Waals surface area contributed by atoms with Crippen molar-refractivity contribution in [3.63, 3.8) is 0 Å². The number of carbonyl (C=O) groups is 1. The van der Waals surface area contributed by atoms with Gasteiger partial charge in [-0.2, -0.15) is 0 Å². The van der Waals surface area contributed by atoms with Crippen molar-refractivity contribution >= 4 is 6.41 Å². The van der Waals surface area contributed by atoms with Gasteiger partial charge in [0, 0.05) is 48.6 Å². The highest BCUT2D eigenvalue weighted by Gasteiger charge is 2.47. The second-order valence-corrected chi connectivity index (χ2v) is 9.05. The maximum absolute atomic E-state index is 10.9. The highest BCUT2D eigenvalue weighted by atomic mass is 16.5.